The standard InChI is InChI=1S/C13H16F2N2O/c14-10-6-11(15)12(16)5-9(10)13(18)17-7-8-3-1-2-4-8/h5-6,8H,1-4,7,16H2,(H,17,18). The van der Waals surface area contributed by atoms with Crippen molar-refractivity contribution in [3.63, 3.8) is 0 Å². The second kappa shape index (κ2) is 5.33. The summed E-state index contributed by atoms with van der Waals surface area (Å²) in [5.74, 6) is -1.80. The molecule has 0 atom stereocenters. The van der Waals surface area contributed by atoms with Crippen LogP contribution in [0.1, 0.15) is 36.0 Å². The first-order valence-electron chi connectivity index (χ1n) is 6.10. The van der Waals surface area contributed by atoms with Gasteiger partial charge in [0.2, 0.25) is 0 Å². The average Bonchev–Trinajstić information content (AvgIpc) is 2.84. The number of nitrogens with one attached hydrogen (secondary N) is 1. The lowest BCUT2D eigenvalue weighted by Gasteiger charge is -2.11. The van der Waals surface area contributed by atoms with Gasteiger partial charge >= 0.3 is 0 Å². The molecule has 1 aliphatic carbocycles. The van der Waals surface area contributed by atoms with Crippen molar-refractivity contribution in [1.82, 2.24) is 5.32 Å². The van der Waals surface area contributed by atoms with Crippen molar-refractivity contribution in [2.75, 3.05) is 12.3 Å². The number of amides is 1. The third-order valence-electron chi connectivity index (χ3n) is 3.36. The lowest BCUT2D eigenvalue weighted by Crippen LogP contribution is -2.29. The van der Waals surface area contributed by atoms with E-state index in [2.05, 4.69) is 5.32 Å². The highest BCUT2D eigenvalue weighted by atomic mass is 19.1. The van der Waals surface area contributed by atoms with Gasteiger partial charge in [-0.2, -0.15) is 0 Å². The summed E-state index contributed by atoms with van der Waals surface area (Å²) in [6.07, 6.45) is 4.54. The lowest BCUT2D eigenvalue weighted by atomic mass is 10.1. The van der Waals surface area contributed by atoms with Crippen molar-refractivity contribution in [3.8, 4) is 0 Å². The van der Waals surface area contributed by atoms with Crippen LogP contribution in [-0.4, -0.2) is 12.5 Å². The molecule has 18 heavy (non-hydrogen) atoms. The van der Waals surface area contributed by atoms with Gasteiger partial charge in [0, 0.05) is 12.6 Å². The summed E-state index contributed by atoms with van der Waals surface area (Å²) in [6, 6.07) is 1.68. The zero-order valence-corrected chi connectivity index (χ0v) is 10.0. The highest BCUT2D eigenvalue weighted by molar-refractivity contribution is 5.95. The maximum atomic E-state index is 13.4. The highest BCUT2D eigenvalue weighted by Crippen LogP contribution is 2.24. The second-order valence-corrected chi connectivity index (χ2v) is 4.71. The Labute approximate surface area is 104 Å². The smallest absolute Gasteiger partial charge is 0.254 e. The number of rotatable bonds is 3. The van der Waals surface area contributed by atoms with Crippen molar-refractivity contribution >= 4 is 11.6 Å². The third kappa shape index (κ3) is 2.78. The Kier molecular flexibility index (Phi) is 3.79. The molecular formula is C13H16F2N2O. The van der Waals surface area contributed by atoms with Crippen LogP contribution < -0.4 is 11.1 Å². The van der Waals surface area contributed by atoms with Gasteiger partial charge < -0.3 is 11.1 Å². The Balaban J connectivity index is 2.01. The van der Waals surface area contributed by atoms with E-state index in [-0.39, 0.29) is 11.3 Å². The number of benzene rings is 1. The molecular weight excluding hydrogens is 238 g/mol. The van der Waals surface area contributed by atoms with E-state index < -0.39 is 17.5 Å². The number of nitrogens with two attached hydrogens (primary N) is 1. The van der Waals surface area contributed by atoms with Gasteiger partial charge in [-0.15, -0.1) is 0 Å². The van der Waals surface area contributed by atoms with Crippen LogP contribution in [0.2, 0.25) is 0 Å². The van der Waals surface area contributed by atoms with Gasteiger partial charge in [-0.05, 0) is 24.8 Å². The van der Waals surface area contributed by atoms with Gasteiger partial charge in [0.05, 0.1) is 11.3 Å². The molecule has 0 saturated heterocycles. The van der Waals surface area contributed by atoms with E-state index in [1.165, 1.54) is 12.8 Å². The van der Waals surface area contributed by atoms with Gasteiger partial charge in [-0.1, -0.05) is 12.8 Å². The maximum Gasteiger partial charge on any atom is 0.254 e. The maximum absolute atomic E-state index is 13.4. The summed E-state index contributed by atoms with van der Waals surface area (Å²) in [5, 5.41) is 2.67. The summed E-state index contributed by atoms with van der Waals surface area (Å²) in [5.41, 5.74) is 4.90. The minimum Gasteiger partial charge on any atom is -0.396 e. The normalized spacial score (nSPS) is 15.9. The van der Waals surface area contributed by atoms with Crippen LogP contribution in [0.5, 0.6) is 0 Å². The zero-order valence-electron chi connectivity index (χ0n) is 10.0. The number of hydrogen-bond donors (Lipinski definition) is 2. The van der Waals surface area contributed by atoms with Gasteiger partial charge in [-0.25, -0.2) is 8.78 Å². The molecule has 2 rings (SSSR count). The molecule has 1 aliphatic rings. The number of carbonyl (C=O) groups is 1. The number of hydrogen-bond acceptors (Lipinski definition) is 2. The molecule has 0 radical (unpaired) electrons. The molecule has 1 fully saturated rings. The topological polar surface area (TPSA) is 55.1 Å². The molecule has 3 nitrogen and oxygen atoms in total. The predicted octanol–water partition coefficient (Wildman–Crippen LogP) is 2.47. The van der Waals surface area contributed by atoms with Crippen molar-refractivity contribution in [3.05, 3.63) is 29.3 Å². The van der Waals surface area contributed by atoms with E-state index in [0.29, 0.717) is 18.5 Å². The SMILES string of the molecule is Nc1cc(C(=O)NCC2CCCC2)c(F)cc1F. The van der Waals surface area contributed by atoms with E-state index in [9.17, 15) is 13.6 Å². The van der Waals surface area contributed by atoms with E-state index >= 15 is 0 Å². The average molecular weight is 254 g/mol. The van der Waals surface area contributed by atoms with Gasteiger partial charge in [-0.3, -0.25) is 4.79 Å². The molecule has 0 bridgehead atoms. The second-order valence-electron chi connectivity index (χ2n) is 4.71. The molecule has 98 valence electrons. The molecule has 0 unspecified atom stereocenters. The number of nitrogen functional groups attached to an aromatic ring is 1. The molecule has 0 heterocycles. The molecule has 0 spiro atoms. The summed E-state index contributed by atoms with van der Waals surface area (Å²) in [6.45, 7) is 0.537. The molecule has 1 aromatic carbocycles. The van der Waals surface area contributed by atoms with E-state index in [4.69, 9.17) is 5.73 Å². The van der Waals surface area contributed by atoms with Crippen LogP contribution >= 0.6 is 0 Å². The fraction of sp³-hybridized carbons (Fsp3) is 0.462. The molecule has 1 amide bonds. The number of halogens is 2. The fourth-order valence-corrected chi connectivity index (χ4v) is 2.29. The van der Waals surface area contributed by atoms with Crippen LogP contribution in [0, 0.1) is 17.6 Å². The van der Waals surface area contributed by atoms with Crippen molar-refractivity contribution in [2.24, 2.45) is 5.92 Å². The van der Waals surface area contributed by atoms with E-state index in [1.807, 2.05) is 0 Å². The first kappa shape index (κ1) is 12.8. The molecule has 5 heteroatoms. The van der Waals surface area contributed by atoms with Crippen LogP contribution in [0.25, 0.3) is 0 Å². The van der Waals surface area contributed by atoms with Crippen molar-refractivity contribution in [1.29, 1.82) is 0 Å². The Morgan fingerprint density at radius 3 is 2.61 bits per heavy atom. The van der Waals surface area contributed by atoms with Gasteiger partial charge in [0.1, 0.15) is 11.6 Å². The van der Waals surface area contributed by atoms with Crippen molar-refractivity contribution < 1.29 is 13.6 Å². The minimum atomic E-state index is -0.884. The Bertz CT molecular complexity index is 457. The first-order valence-corrected chi connectivity index (χ1v) is 6.10. The molecule has 3 N–H and O–H groups in total. The third-order valence-corrected chi connectivity index (χ3v) is 3.36. The number of anilines is 1. The van der Waals surface area contributed by atoms with E-state index in [1.54, 1.807) is 0 Å². The van der Waals surface area contributed by atoms with Crippen LogP contribution in [-0.2, 0) is 0 Å². The highest BCUT2D eigenvalue weighted by Gasteiger charge is 2.18. The fourth-order valence-electron chi connectivity index (χ4n) is 2.29. The summed E-state index contributed by atoms with van der Waals surface area (Å²) in [4.78, 5) is 11.8. The Morgan fingerprint density at radius 1 is 1.28 bits per heavy atom. The summed E-state index contributed by atoms with van der Waals surface area (Å²) < 4.78 is 26.4. The summed E-state index contributed by atoms with van der Waals surface area (Å²) in [7, 11) is 0. The largest absolute Gasteiger partial charge is 0.396 e. The monoisotopic (exact) mass is 254 g/mol. The van der Waals surface area contributed by atoms with Gasteiger partial charge in [0.25, 0.3) is 5.91 Å². The summed E-state index contributed by atoms with van der Waals surface area (Å²) >= 11 is 0. The number of carbonyl (C=O) groups excluding carboxylic acids is 1. The lowest BCUT2D eigenvalue weighted by molar-refractivity contribution is 0.0943. The molecule has 1 saturated carbocycles. The van der Waals surface area contributed by atoms with Crippen LogP contribution in [0.15, 0.2) is 12.1 Å². The Morgan fingerprint density at radius 2 is 1.94 bits per heavy atom. The zero-order chi connectivity index (χ0) is 13.1. The first-order chi connectivity index (χ1) is 8.58. The quantitative estimate of drug-likeness (QED) is 0.814. The molecule has 0 aliphatic heterocycles. The van der Waals surface area contributed by atoms with Crippen LogP contribution in [0.4, 0.5) is 14.5 Å². The van der Waals surface area contributed by atoms with Crippen molar-refractivity contribution in [2.45, 2.75) is 25.7 Å². The molecule has 0 aromatic heterocycles. The van der Waals surface area contributed by atoms with Gasteiger partial charge in [0.15, 0.2) is 0 Å². The predicted molar refractivity (Wildman–Crippen MR) is 65.1 cm³/mol. The van der Waals surface area contributed by atoms with E-state index in [0.717, 1.165) is 18.9 Å². The minimum absolute atomic E-state index is 0.202. The molecule has 1 aromatic rings. The van der Waals surface area contributed by atoms with Crippen LogP contribution in [0.3, 0.4) is 0 Å². The Hall–Kier alpha value is -1.65.